The van der Waals surface area contributed by atoms with Gasteiger partial charge in [0.05, 0.1) is 42.6 Å². The fourth-order valence-corrected chi connectivity index (χ4v) is 4.93. The van der Waals surface area contributed by atoms with Gasteiger partial charge in [0.25, 0.3) is 0 Å². The third kappa shape index (κ3) is 4.27. The molecule has 1 unspecified atom stereocenters. The second-order valence-electron chi connectivity index (χ2n) is 10.0. The first-order chi connectivity index (χ1) is 14.8. The van der Waals surface area contributed by atoms with Gasteiger partial charge in [0, 0.05) is 37.5 Å². The maximum absolute atomic E-state index is 12.8. The number of anilines is 1. The van der Waals surface area contributed by atoms with Crippen LogP contribution in [0.2, 0.25) is 0 Å². The fourth-order valence-electron chi connectivity index (χ4n) is 4.93. The molecule has 1 aliphatic carbocycles. The summed E-state index contributed by atoms with van der Waals surface area (Å²) in [6, 6.07) is 2.43. The van der Waals surface area contributed by atoms with Gasteiger partial charge in [-0.25, -0.2) is 4.98 Å². The lowest BCUT2D eigenvalue weighted by atomic mass is 9.87. The van der Waals surface area contributed by atoms with E-state index in [9.17, 15) is 14.4 Å². The van der Waals surface area contributed by atoms with Crippen LogP contribution < -0.4 is 4.90 Å². The molecular weight excluding hydrogens is 395 g/mol. The third-order valence-electron chi connectivity index (χ3n) is 6.83. The summed E-state index contributed by atoms with van der Waals surface area (Å²) in [5, 5.41) is 10.1. The number of halogens is 1. The number of pyridine rings is 1. The van der Waals surface area contributed by atoms with Gasteiger partial charge in [-0.15, -0.1) is 0 Å². The van der Waals surface area contributed by atoms with E-state index >= 15 is 0 Å². The minimum absolute atomic E-state index is 0.0266. The van der Waals surface area contributed by atoms with Crippen molar-refractivity contribution in [2.45, 2.75) is 77.5 Å². The number of amides is 1. The SMILES string of the molecule is CC(C)C1CN(c2nc(C3CC3)c3c(c2C#N)CC(C)(C)OC3)CCN1C(=O)CCF. The highest BCUT2D eigenvalue weighted by molar-refractivity contribution is 5.77. The largest absolute Gasteiger partial charge is 0.370 e. The molecule has 1 aromatic heterocycles. The summed E-state index contributed by atoms with van der Waals surface area (Å²) in [7, 11) is 0. The smallest absolute Gasteiger partial charge is 0.225 e. The Kier molecular flexibility index (Phi) is 5.95. The summed E-state index contributed by atoms with van der Waals surface area (Å²) in [4.78, 5) is 21.5. The molecule has 7 heteroatoms. The van der Waals surface area contributed by atoms with E-state index in [1.165, 1.54) is 0 Å². The lowest BCUT2D eigenvalue weighted by molar-refractivity contribution is -0.135. The van der Waals surface area contributed by atoms with Gasteiger partial charge < -0.3 is 14.5 Å². The maximum atomic E-state index is 12.8. The van der Waals surface area contributed by atoms with Gasteiger partial charge in [-0.1, -0.05) is 13.8 Å². The number of fused-ring (bicyclic) bond motifs is 1. The van der Waals surface area contributed by atoms with Gasteiger partial charge in [0.1, 0.15) is 11.9 Å². The first-order valence-corrected chi connectivity index (χ1v) is 11.5. The number of hydrogen-bond acceptors (Lipinski definition) is 5. The minimum atomic E-state index is -0.628. The molecule has 0 radical (unpaired) electrons. The second-order valence-corrected chi connectivity index (χ2v) is 10.0. The first-order valence-electron chi connectivity index (χ1n) is 11.5. The Labute approximate surface area is 184 Å². The number of aromatic nitrogens is 1. The van der Waals surface area contributed by atoms with Crippen molar-refractivity contribution in [1.29, 1.82) is 5.26 Å². The monoisotopic (exact) mass is 428 g/mol. The average Bonchev–Trinajstić information content (AvgIpc) is 3.56. The fraction of sp³-hybridized carbons (Fsp3) is 0.708. The van der Waals surface area contributed by atoms with Crippen molar-refractivity contribution >= 4 is 11.7 Å². The molecule has 2 aliphatic heterocycles. The minimum Gasteiger partial charge on any atom is -0.370 e. The molecule has 3 heterocycles. The quantitative estimate of drug-likeness (QED) is 0.715. The molecule has 2 fully saturated rings. The predicted molar refractivity (Wildman–Crippen MR) is 117 cm³/mol. The van der Waals surface area contributed by atoms with Crippen molar-refractivity contribution in [3.8, 4) is 6.07 Å². The molecule has 0 aromatic carbocycles. The van der Waals surface area contributed by atoms with Gasteiger partial charge in [0.2, 0.25) is 5.91 Å². The van der Waals surface area contributed by atoms with E-state index in [4.69, 9.17) is 9.72 Å². The summed E-state index contributed by atoms with van der Waals surface area (Å²) in [6.07, 6.45) is 2.90. The molecule has 0 spiro atoms. The Morgan fingerprint density at radius 1 is 1.32 bits per heavy atom. The molecule has 3 aliphatic rings. The molecule has 1 aromatic rings. The van der Waals surface area contributed by atoms with Crippen molar-refractivity contribution in [3.63, 3.8) is 0 Å². The van der Waals surface area contributed by atoms with E-state index in [0.29, 0.717) is 44.1 Å². The summed E-state index contributed by atoms with van der Waals surface area (Å²) >= 11 is 0. The lowest BCUT2D eigenvalue weighted by Crippen LogP contribution is -2.57. The lowest BCUT2D eigenvalue weighted by Gasteiger charge is -2.44. The van der Waals surface area contributed by atoms with Gasteiger partial charge in [-0.2, -0.15) is 5.26 Å². The Hall–Kier alpha value is -2.20. The molecule has 0 bridgehead atoms. The summed E-state index contributed by atoms with van der Waals surface area (Å²) in [5.74, 6) is 1.31. The zero-order valence-electron chi connectivity index (χ0n) is 19.1. The van der Waals surface area contributed by atoms with Gasteiger partial charge in [-0.05, 0) is 38.2 Å². The number of alkyl halides is 1. The van der Waals surface area contributed by atoms with Crippen molar-refractivity contribution in [2.75, 3.05) is 31.2 Å². The van der Waals surface area contributed by atoms with Crippen molar-refractivity contribution < 1.29 is 13.9 Å². The first kappa shape index (κ1) is 22.0. The van der Waals surface area contributed by atoms with Crippen LogP contribution in [0.3, 0.4) is 0 Å². The normalized spacial score (nSPS) is 22.9. The Bertz CT molecular complexity index is 904. The number of piperazine rings is 1. The van der Waals surface area contributed by atoms with E-state index in [1.807, 2.05) is 4.90 Å². The second kappa shape index (κ2) is 8.38. The molecule has 1 amide bonds. The van der Waals surface area contributed by atoms with Crippen molar-refractivity contribution in [2.24, 2.45) is 5.92 Å². The van der Waals surface area contributed by atoms with Crippen molar-refractivity contribution in [1.82, 2.24) is 9.88 Å². The van der Waals surface area contributed by atoms with E-state index in [2.05, 4.69) is 38.7 Å². The number of ether oxygens (including phenoxy) is 1. The van der Waals surface area contributed by atoms with Crippen LogP contribution in [-0.2, 0) is 22.6 Å². The highest BCUT2D eigenvalue weighted by atomic mass is 19.1. The molecule has 6 nitrogen and oxygen atoms in total. The highest BCUT2D eigenvalue weighted by Crippen LogP contribution is 2.46. The topological polar surface area (TPSA) is 69.5 Å². The molecule has 1 atom stereocenters. The Morgan fingerprint density at radius 3 is 2.68 bits per heavy atom. The number of carbonyl (C=O) groups is 1. The standard InChI is InChI=1S/C24H33FN4O2/c1-15(2)20-13-28(9-10-29(20)21(30)7-8-25)23-18(12-26)17-11-24(3,4)31-14-19(17)22(27-23)16-5-6-16/h15-16,20H,5-11,13-14H2,1-4H3. The zero-order valence-corrected chi connectivity index (χ0v) is 19.1. The molecule has 168 valence electrons. The van der Waals surface area contributed by atoms with E-state index in [1.54, 1.807) is 0 Å². The molecule has 31 heavy (non-hydrogen) atoms. The predicted octanol–water partition coefficient (Wildman–Crippen LogP) is 3.71. The molecular formula is C24H33FN4O2. The van der Waals surface area contributed by atoms with Crippen LogP contribution in [0.15, 0.2) is 0 Å². The Morgan fingerprint density at radius 2 is 2.06 bits per heavy atom. The van der Waals surface area contributed by atoms with Gasteiger partial charge in [-0.3, -0.25) is 9.18 Å². The van der Waals surface area contributed by atoms with E-state index < -0.39 is 6.67 Å². The van der Waals surface area contributed by atoms with Crippen LogP contribution in [-0.4, -0.2) is 53.7 Å². The maximum Gasteiger partial charge on any atom is 0.225 e. The summed E-state index contributed by atoms with van der Waals surface area (Å²) < 4.78 is 18.9. The number of rotatable bonds is 5. The Balaban J connectivity index is 1.72. The van der Waals surface area contributed by atoms with Crippen LogP contribution in [0.25, 0.3) is 0 Å². The zero-order chi connectivity index (χ0) is 22.3. The number of nitrogens with zero attached hydrogens (tertiary/aromatic N) is 4. The van der Waals surface area contributed by atoms with E-state index in [-0.39, 0.29) is 29.9 Å². The highest BCUT2D eigenvalue weighted by Gasteiger charge is 2.39. The summed E-state index contributed by atoms with van der Waals surface area (Å²) in [5.41, 5.74) is 3.64. The third-order valence-corrected chi connectivity index (χ3v) is 6.83. The van der Waals surface area contributed by atoms with Crippen LogP contribution in [0.1, 0.15) is 75.3 Å². The van der Waals surface area contributed by atoms with Crippen LogP contribution in [0, 0.1) is 17.2 Å². The van der Waals surface area contributed by atoms with Crippen molar-refractivity contribution in [3.05, 3.63) is 22.4 Å². The van der Waals surface area contributed by atoms with Crippen LogP contribution in [0.5, 0.6) is 0 Å². The van der Waals surface area contributed by atoms with Crippen LogP contribution >= 0.6 is 0 Å². The molecule has 1 saturated heterocycles. The molecule has 0 N–H and O–H groups in total. The number of carbonyl (C=O) groups excluding carboxylic acids is 1. The number of hydrogen-bond donors (Lipinski definition) is 0. The number of nitriles is 1. The van der Waals surface area contributed by atoms with E-state index in [0.717, 1.165) is 35.5 Å². The van der Waals surface area contributed by atoms with Gasteiger partial charge >= 0.3 is 0 Å². The van der Waals surface area contributed by atoms with Crippen LogP contribution in [0.4, 0.5) is 10.2 Å². The van der Waals surface area contributed by atoms with Gasteiger partial charge in [0.15, 0.2) is 0 Å². The molecule has 1 saturated carbocycles. The molecule has 4 rings (SSSR count). The average molecular weight is 429 g/mol. The summed E-state index contributed by atoms with van der Waals surface area (Å²) in [6.45, 7) is 9.93.